The molecule has 0 radical (unpaired) electrons. The van der Waals surface area contributed by atoms with Crippen LogP contribution >= 0.6 is 0 Å². The Morgan fingerprint density at radius 2 is 1.39 bits per heavy atom. The maximum Gasteiger partial charge on any atom is 0.251 e. The van der Waals surface area contributed by atoms with E-state index in [-0.39, 0.29) is 67.8 Å². The van der Waals surface area contributed by atoms with E-state index in [9.17, 15) is 35.5 Å². The third-order valence-corrected chi connectivity index (χ3v) is 10.2. The zero-order valence-electron chi connectivity index (χ0n) is 17.9. The minimum atomic E-state index is -3.97. The van der Waals surface area contributed by atoms with Crippen LogP contribution in [0.1, 0.15) is 25.7 Å². The number of hydrogen-bond donors (Lipinski definition) is 1. The van der Waals surface area contributed by atoms with Crippen molar-refractivity contribution in [2.45, 2.75) is 47.5 Å². The summed E-state index contributed by atoms with van der Waals surface area (Å²) in [5.74, 6) is -3.67. The third-order valence-electron chi connectivity index (χ3n) is 6.47. The molecule has 1 aromatic rings. The fourth-order valence-corrected chi connectivity index (χ4v) is 7.41. The zero-order valence-corrected chi connectivity index (χ0v) is 19.6. The molecule has 4 rings (SSSR count). The van der Waals surface area contributed by atoms with Gasteiger partial charge in [-0.15, -0.1) is 0 Å². The van der Waals surface area contributed by atoms with Gasteiger partial charge < -0.3 is 10.0 Å². The van der Waals surface area contributed by atoms with Crippen LogP contribution in [0.15, 0.2) is 34.1 Å². The number of hydrogen-bond acceptors (Lipinski definition) is 6. The number of alkyl halides is 2. The molecule has 0 bridgehead atoms. The van der Waals surface area contributed by atoms with E-state index in [1.165, 1.54) is 33.5 Å². The topological polar surface area (TPSA) is 115 Å². The van der Waals surface area contributed by atoms with E-state index in [4.69, 9.17) is 0 Å². The number of amides is 1. The molecule has 0 unspecified atom stereocenters. The Hall–Kier alpha value is -1.67. The lowest BCUT2D eigenvalue weighted by Gasteiger charge is -2.37. The van der Waals surface area contributed by atoms with Gasteiger partial charge in [0.1, 0.15) is 0 Å². The fourth-order valence-electron chi connectivity index (χ4n) is 4.37. The fraction of sp³-hybridized carbons (Fsp3) is 0.650. The second-order valence-corrected chi connectivity index (χ2v) is 12.7. The first-order valence-corrected chi connectivity index (χ1v) is 13.7. The van der Waals surface area contributed by atoms with Crippen LogP contribution in [-0.4, -0.2) is 92.7 Å². The minimum Gasteiger partial charge on any atom is -0.390 e. The quantitative estimate of drug-likeness (QED) is 0.628. The maximum absolute atomic E-state index is 13.4. The van der Waals surface area contributed by atoms with Gasteiger partial charge in [0.05, 0.1) is 21.8 Å². The first-order valence-electron chi connectivity index (χ1n) is 10.9. The zero-order chi connectivity index (χ0) is 24.0. The summed E-state index contributed by atoms with van der Waals surface area (Å²) < 4.78 is 80.4. The van der Waals surface area contributed by atoms with Crippen molar-refractivity contribution in [2.75, 3.05) is 39.3 Å². The first kappa shape index (κ1) is 24.5. The molecule has 0 spiro atoms. The molecular formula is C20H27F2N3O6S2. The molecule has 3 saturated heterocycles. The highest BCUT2D eigenvalue weighted by atomic mass is 32.2. The van der Waals surface area contributed by atoms with Gasteiger partial charge in [0.2, 0.25) is 26.0 Å². The number of halogens is 2. The van der Waals surface area contributed by atoms with Gasteiger partial charge in [-0.2, -0.15) is 8.61 Å². The van der Waals surface area contributed by atoms with E-state index in [1.54, 1.807) is 0 Å². The van der Waals surface area contributed by atoms with Crippen LogP contribution in [0.5, 0.6) is 0 Å². The standard InChI is InChI=1S/C20H27F2N3O6S2/c21-20(22)7-10-23(11-8-20)19(27)15-2-1-9-24(12-15)32(28,29)17-3-5-18(6-4-17)33(30,31)25-13-16(26)14-25/h3-6,15-16,26H,1-2,7-14H2/t15-/m1/s1. The molecule has 0 saturated carbocycles. The summed E-state index contributed by atoms with van der Waals surface area (Å²) in [6, 6.07) is 4.87. The monoisotopic (exact) mass is 507 g/mol. The van der Waals surface area contributed by atoms with Crippen LogP contribution in [0, 0.1) is 5.92 Å². The SMILES string of the molecule is O=C([C@@H]1CCCN(S(=O)(=O)c2ccc(S(=O)(=O)N3CC(O)C3)cc2)C1)N1CCC(F)(F)CC1. The predicted molar refractivity (Wildman–Crippen MR) is 113 cm³/mol. The number of likely N-dealkylation sites (tertiary alicyclic amines) is 1. The van der Waals surface area contributed by atoms with E-state index >= 15 is 0 Å². The average molecular weight is 508 g/mol. The van der Waals surface area contributed by atoms with E-state index in [1.807, 2.05) is 0 Å². The lowest BCUT2D eigenvalue weighted by Crippen LogP contribution is -2.53. The molecule has 184 valence electrons. The summed E-state index contributed by atoms with van der Waals surface area (Å²) in [7, 11) is -7.77. The van der Waals surface area contributed by atoms with E-state index < -0.39 is 38.0 Å². The van der Waals surface area contributed by atoms with Gasteiger partial charge in [-0.25, -0.2) is 25.6 Å². The molecule has 33 heavy (non-hydrogen) atoms. The van der Waals surface area contributed by atoms with Crippen molar-refractivity contribution in [1.29, 1.82) is 0 Å². The summed E-state index contributed by atoms with van der Waals surface area (Å²) in [5.41, 5.74) is 0. The largest absolute Gasteiger partial charge is 0.390 e. The highest BCUT2D eigenvalue weighted by molar-refractivity contribution is 7.89. The van der Waals surface area contributed by atoms with Gasteiger partial charge in [0.15, 0.2) is 0 Å². The molecular weight excluding hydrogens is 480 g/mol. The lowest BCUT2D eigenvalue weighted by atomic mass is 9.96. The van der Waals surface area contributed by atoms with Gasteiger partial charge in [-0.3, -0.25) is 4.79 Å². The molecule has 0 aromatic heterocycles. The summed E-state index contributed by atoms with van der Waals surface area (Å²) in [6.07, 6.45) is -0.534. The summed E-state index contributed by atoms with van der Waals surface area (Å²) in [4.78, 5) is 14.1. The summed E-state index contributed by atoms with van der Waals surface area (Å²) in [5, 5.41) is 9.34. The van der Waals surface area contributed by atoms with Gasteiger partial charge in [0, 0.05) is 52.1 Å². The van der Waals surface area contributed by atoms with Gasteiger partial charge >= 0.3 is 0 Å². The van der Waals surface area contributed by atoms with Crippen LogP contribution < -0.4 is 0 Å². The smallest absolute Gasteiger partial charge is 0.251 e. The molecule has 0 aliphatic carbocycles. The number of β-amino-alcohol motifs (C(OH)–C–C–N with tert-alkyl or cyclic N) is 1. The number of carbonyl (C=O) groups excluding carboxylic acids is 1. The molecule has 3 heterocycles. The molecule has 1 amide bonds. The van der Waals surface area contributed by atoms with Crippen molar-refractivity contribution < 1.29 is 35.5 Å². The van der Waals surface area contributed by atoms with Crippen LogP contribution in [-0.2, 0) is 24.8 Å². The van der Waals surface area contributed by atoms with Gasteiger partial charge in [-0.1, -0.05) is 0 Å². The van der Waals surface area contributed by atoms with Crippen molar-refractivity contribution in [1.82, 2.24) is 13.5 Å². The average Bonchev–Trinajstić information content (AvgIpc) is 2.76. The molecule has 13 heteroatoms. The second kappa shape index (κ2) is 8.84. The van der Waals surface area contributed by atoms with Crippen LogP contribution in [0.4, 0.5) is 8.78 Å². The van der Waals surface area contributed by atoms with E-state index in [0.717, 1.165) is 4.31 Å². The molecule has 3 aliphatic rings. The number of sulfonamides is 2. The van der Waals surface area contributed by atoms with Gasteiger partial charge in [0.25, 0.3) is 5.92 Å². The number of piperidine rings is 2. The van der Waals surface area contributed by atoms with Crippen molar-refractivity contribution in [3.8, 4) is 0 Å². The Balaban J connectivity index is 1.44. The molecule has 1 N–H and O–H groups in total. The predicted octanol–water partition coefficient (Wildman–Crippen LogP) is 0.710. The van der Waals surface area contributed by atoms with Gasteiger partial charge in [-0.05, 0) is 37.1 Å². The number of carbonyl (C=O) groups is 1. The Kier molecular flexibility index (Phi) is 6.55. The summed E-state index contributed by atoms with van der Waals surface area (Å²) >= 11 is 0. The number of rotatable bonds is 5. The number of benzene rings is 1. The minimum absolute atomic E-state index is 0.000236. The molecule has 1 atom stereocenters. The Labute approximate surface area is 192 Å². The summed E-state index contributed by atoms with van der Waals surface area (Å²) in [6.45, 7) is 0.0915. The Bertz CT molecular complexity index is 1100. The maximum atomic E-state index is 13.4. The molecule has 1 aromatic carbocycles. The van der Waals surface area contributed by atoms with Crippen LogP contribution in [0.25, 0.3) is 0 Å². The number of nitrogens with zero attached hydrogens (tertiary/aromatic N) is 3. The van der Waals surface area contributed by atoms with Crippen LogP contribution in [0.2, 0.25) is 0 Å². The molecule has 3 fully saturated rings. The highest BCUT2D eigenvalue weighted by Crippen LogP contribution is 2.31. The van der Waals surface area contributed by atoms with Crippen molar-refractivity contribution in [2.24, 2.45) is 5.92 Å². The third kappa shape index (κ3) is 4.92. The first-order chi connectivity index (χ1) is 15.4. The molecule has 3 aliphatic heterocycles. The van der Waals surface area contributed by atoms with E-state index in [0.29, 0.717) is 12.8 Å². The molecule has 9 nitrogen and oxygen atoms in total. The van der Waals surface area contributed by atoms with Crippen molar-refractivity contribution >= 4 is 26.0 Å². The van der Waals surface area contributed by atoms with Crippen molar-refractivity contribution in [3.05, 3.63) is 24.3 Å². The normalized spacial score (nSPS) is 25.5. The highest BCUT2D eigenvalue weighted by Gasteiger charge is 2.40. The van der Waals surface area contributed by atoms with Crippen LogP contribution in [0.3, 0.4) is 0 Å². The van der Waals surface area contributed by atoms with Crippen molar-refractivity contribution in [3.63, 3.8) is 0 Å². The Morgan fingerprint density at radius 3 is 1.91 bits per heavy atom. The number of aliphatic hydroxyl groups is 1. The van der Waals surface area contributed by atoms with E-state index in [2.05, 4.69) is 0 Å². The lowest BCUT2D eigenvalue weighted by molar-refractivity contribution is -0.142. The Morgan fingerprint density at radius 1 is 0.879 bits per heavy atom. The second-order valence-electron chi connectivity index (χ2n) is 8.83. The number of aliphatic hydroxyl groups excluding tert-OH is 1.